The Morgan fingerprint density at radius 2 is 2.40 bits per heavy atom. The van der Waals surface area contributed by atoms with Gasteiger partial charge in [0.05, 0.1) is 5.02 Å². The molecule has 0 amide bonds. The molecule has 0 aromatic carbocycles. The topological polar surface area (TPSA) is 16.1 Å². The predicted molar refractivity (Wildman–Crippen MR) is 64.5 cm³/mol. The summed E-state index contributed by atoms with van der Waals surface area (Å²) in [7, 11) is 0. The van der Waals surface area contributed by atoms with Crippen molar-refractivity contribution in [3.8, 4) is 0 Å². The molecule has 0 saturated carbocycles. The maximum absolute atomic E-state index is 5.83. The van der Waals surface area contributed by atoms with E-state index in [4.69, 9.17) is 11.6 Å². The summed E-state index contributed by atoms with van der Waals surface area (Å²) in [5, 5.41) is 0.711. The number of hydrogen-bond donors (Lipinski definition) is 0. The van der Waals surface area contributed by atoms with Gasteiger partial charge in [0.2, 0.25) is 0 Å². The summed E-state index contributed by atoms with van der Waals surface area (Å²) in [5.41, 5.74) is 0. The molecule has 2 heterocycles. The molecule has 0 aliphatic carbocycles. The van der Waals surface area contributed by atoms with Gasteiger partial charge in [0, 0.05) is 19.3 Å². The van der Waals surface area contributed by atoms with Gasteiger partial charge in [-0.05, 0) is 30.9 Å². The molecule has 1 aliphatic rings. The molecule has 2 nitrogen and oxygen atoms in total. The molecule has 1 saturated heterocycles. The lowest BCUT2D eigenvalue weighted by atomic mass is 9.96. The minimum absolute atomic E-state index is 0.711. The van der Waals surface area contributed by atoms with E-state index in [-0.39, 0.29) is 0 Å². The van der Waals surface area contributed by atoms with Crippen molar-refractivity contribution in [2.75, 3.05) is 18.0 Å². The van der Waals surface area contributed by atoms with Crippen LogP contribution in [0.1, 0.15) is 26.2 Å². The number of nitrogens with zero attached hydrogens (tertiary/aromatic N) is 2. The number of anilines is 1. The quantitative estimate of drug-likeness (QED) is 0.766. The predicted octanol–water partition coefficient (Wildman–Crippen LogP) is 3.36. The fourth-order valence-corrected chi connectivity index (χ4v) is 2.27. The number of aromatic nitrogens is 1. The molecule has 1 atom stereocenters. The van der Waals surface area contributed by atoms with Crippen LogP contribution in [0.2, 0.25) is 5.02 Å². The Kier molecular flexibility index (Phi) is 3.47. The first-order chi connectivity index (χ1) is 7.29. The largest absolute Gasteiger partial charge is 0.356 e. The lowest BCUT2D eigenvalue weighted by molar-refractivity contribution is 0.403. The lowest BCUT2D eigenvalue weighted by Crippen LogP contribution is -2.35. The van der Waals surface area contributed by atoms with Gasteiger partial charge in [0.1, 0.15) is 5.82 Å². The third-order valence-electron chi connectivity index (χ3n) is 3.13. The third kappa shape index (κ3) is 2.63. The van der Waals surface area contributed by atoms with Crippen molar-refractivity contribution in [3.63, 3.8) is 0 Å². The van der Waals surface area contributed by atoms with Crippen molar-refractivity contribution in [1.29, 1.82) is 0 Å². The summed E-state index contributed by atoms with van der Waals surface area (Å²) in [5.74, 6) is 1.90. The summed E-state index contributed by atoms with van der Waals surface area (Å²) in [4.78, 5) is 6.73. The highest BCUT2D eigenvalue weighted by Crippen LogP contribution is 2.23. The van der Waals surface area contributed by atoms with Gasteiger partial charge in [-0.3, -0.25) is 0 Å². The molecule has 1 aliphatic heterocycles. The summed E-state index contributed by atoms with van der Waals surface area (Å²) >= 11 is 5.83. The van der Waals surface area contributed by atoms with Crippen molar-refractivity contribution < 1.29 is 0 Å². The Hall–Kier alpha value is -0.760. The Bertz CT molecular complexity index is 310. The first-order valence-electron chi connectivity index (χ1n) is 5.66. The second-order valence-corrected chi connectivity index (χ2v) is 4.63. The van der Waals surface area contributed by atoms with Crippen LogP contribution in [0.5, 0.6) is 0 Å². The molecule has 0 N–H and O–H groups in total. The van der Waals surface area contributed by atoms with E-state index in [2.05, 4.69) is 16.8 Å². The standard InChI is InChI=1S/C12H17ClN2/c1-2-10-4-3-7-15(9-10)12-6-5-11(13)8-14-12/h5-6,8,10H,2-4,7,9H2,1H3. The summed E-state index contributed by atoms with van der Waals surface area (Å²) in [6.07, 6.45) is 5.64. The maximum Gasteiger partial charge on any atom is 0.128 e. The zero-order valence-corrected chi connectivity index (χ0v) is 9.87. The van der Waals surface area contributed by atoms with Crippen molar-refractivity contribution in [1.82, 2.24) is 4.98 Å². The zero-order chi connectivity index (χ0) is 10.7. The average molecular weight is 225 g/mol. The number of piperidine rings is 1. The monoisotopic (exact) mass is 224 g/mol. The van der Waals surface area contributed by atoms with E-state index in [1.54, 1.807) is 6.20 Å². The fraction of sp³-hybridized carbons (Fsp3) is 0.583. The van der Waals surface area contributed by atoms with E-state index in [0.717, 1.165) is 24.8 Å². The van der Waals surface area contributed by atoms with Gasteiger partial charge in [-0.15, -0.1) is 0 Å². The van der Waals surface area contributed by atoms with Crippen LogP contribution >= 0.6 is 11.6 Å². The van der Waals surface area contributed by atoms with Crippen LogP contribution in [0.4, 0.5) is 5.82 Å². The Labute approximate surface area is 96.3 Å². The number of rotatable bonds is 2. The molecular weight excluding hydrogens is 208 g/mol. The number of pyridine rings is 1. The van der Waals surface area contributed by atoms with Gasteiger partial charge in [0.15, 0.2) is 0 Å². The van der Waals surface area contributed by atoms with Crippen LogP contribution < -0.4 is 4.90 Å². The van der Waals surface area contributed by atoms with E-state index in [0.29, 0.717) is 5.02 Å². The van der Waals surface area contributed by atoms with Crippen LogP contribution in [-0.4, -0.2) is 18.1 Å². The summed E-state index contributed by atoms with van der Waals surface area (Å²) in [6.45, 7) is 4.54. The molecule has 1 fully saturated rings. The minimum Gasteiger partial charge on any atom is -0.356 e. The maximum atomic E-state index is 5.83. The highest BCUT2D eigenvalue weighted by Gasteiger charge is 2.19. The van der Waals surface area contributed by atoms with E-state index >= 15 is 0 Å². The smallest absolute Gasteiger partial charge is 0.128 e. The minimum atomic E-state index is 0.711. The number of hydrogen-bond acceptors (Lipinski definition) is 2. The van der Waals surface area contributed by atoms with Crippen LogP contribution in [0.3, 0.4) is 0 Å². The summed E-state index contributed by atoms with van der Waals surface area (Å²) < 4.78 is 0. The molecule has 0 radical (unpaired) electrons. The van der Waals surface area contributed by atoms with Crippen LogP contribution in [0.25, 0.3) is 0 Å². The lowest BCUT2D eigenvalue weighted by Gasteiger charge is -2.33. The van der Waals surface area contributed by atoms with Gasteiger partial charge >= 0.3 is 0 Å². The van der Waals surface area contributed by atoms with Crippen molar-refractivity contribution in [2.24, 2.45) is 5.92 Å². The molecule has 0 spiro atoms. The second-order valence-electron chi connectivity index (χ2n) is 4.20. The highest BCUT2D eigenvalue weighted by molar-refractivity contribution is 6.30. The molecule has 82 valence electrons. The van der Waals surface area contributed by atoms with Gasteiger partial charge in [0.25, 0.3) is 0 Å². The third-order valence-corrected chi connectivity index (χ3v) is 3.36. The van der Waals surface area contributed by atoms with E-state index in [9.17, 15) is 0 Å². The molecule has 3 heteroatoms. The Balaban J connectivity index is 2.06. The molecule has 1 aromatic rings. The van der Waals surface area contributed by atoms with Crippen molar-refractivity contribution in [2.45, 2.75) is 26.2 Å². The van der Waals surface area contributed by atoms with Crippen LogP contribution in [0, 0.1) is 5.92 Å². The van der Waals surface area contributed by atoms with E-state index < -0.39 is 0 Å². The fourth-order valence-electron chi connectivity index (χ4n) is 2.16. The Morgan fingerprint density at radius 1 is 1.53 bits per heavy atom. The van der Waals surface area contributed by atoms with E-state index in [1.807, 2.05) is 12.1 Å². The molecule has 1 unspecified atom stereocenters. The average Bonchev–Trinajstić information content (AvgIpc) is 2.30. The molecule has 2 rings (SSSR count). The Morgan fingerprint density at radius 3 is 3.07 bits per heavy atom. The van der Waals surface area contributed by atoms with Gasteiger partial charge in [-0.2, -0.15) is 0 Å². The highest BCUT2D eigenvalue weighted by atomic mass is 35.5. The van der Waals surface area contributed by atoms with Gasteiger partial charge in [-0.1, -0.05) is 24.9 Å². The van der Waals surface area contributed by atoms with Gasteiger partial charge < -0.3 is 4.90 Å². The van der Waals surface area contributed by atoms with Gasteiger partial charge in [-0.25, -0.2) is 4.98 Å². The van der Waals surface area contributed by atoms with Crippen molar-refractivity contribution in [3.05, 3.63) is 23.4 Å². The van der Waals surface area contributed by atoms with Crippen LogP contribution in [0.15, 0.2) is 18.3 Å². The number of halogens is 1. The first-order valence-corrected chi connectivity index (χ1v) is 6.04. The second kappa shape index (κ2) is 4.84. The van der Waals surface area contributed by atoms with Crippen LogP contribution in [-0.2, 0) is 0 Å². The molecule has 1 aromatic heterocycles. The normalized spacial score (nSPS) is 21.7. The summed E-state index contributed by atoms with van der Waals surface area (Å²) in [6, 6.07) is 3.93. The molecule has 0 bridgehead atoms. The first kappa shape index (κ1) is 10.7. The zero-order valence-electron chi connectivity index (χ0n) is 9.12. The van der Waals surface area contributed by atoms with Crippen molar-refractivity contribution >= 4 is 17.4 Å². The SMILES string of the molecule is CCC1CCCN(c2ccc(Cl)cn2)C1. The molecular formula is C12H17ClN2. The van der Waals surface area contributed by atoms with E-state index in [1.165, 1.54) is 19.3 Å². The molecule has 15 heavy (non-hydrogen) atoms.